The highest BCUT2D eigenvalue weighted by Gasteiger charge is 2.30. The summed E-state index contributed by atoms with van der Waals surface area (Å²) in [6, 6.07) is 8.05. The topological polar surface area (TPSA) is 32.7 Å². The maximum absolute atomic E-state index is 11.1. The summed E-state index contributed by atoms with van der Waals surface area (Å²) in [5.74, 6) is 0. The number of thioether (sulfide) groups is 1. The Labute approximate surface area is 110 Å². The minimum atomic E-state index is -0.250. The molecular weight excluding hydrogens is 244 g/mol. The highest BCUT2D eigenvalue weighted by molar-refractivity contribution is 8.16. The number of fused-ring (bicyclic) bond motifs is 1. The van der Waals surface area contributed by atoms with E-state index in [1.165, 1.54) is 5.56 Å². The zero-order valence-corrected chi connectivity index (χ0v) is 10.7. The van der Waals surface area contributed by atoms with Crippen LogP contribution in [0.1, 0.15) is 11.1 Å². The van der Waals surface area contributed by atoms with Crippen LogP contribution in [-0.4, -0.2) is 22.4 Å². The van der Waals surface area contributed by atoms with Crippen molar-refractivity contribution in [1.82, 2.24) is 4.90 Å². The lowest BCUT2D eigenvalue weighted by atomic mass is 10.1. The van der Waals surface area contributed by atoms with Gasteiger partial charge in [-0.3, -0.25) is 0 Å². The molecule has 1 aromatic rings. The molecule has 2 heterocycles. The van der Waals surface area contributed by atoms with Crippen LogP contribution in [-0.2, 0) is 4.79 Å². The molecule has 0 radical (unpaired) electrons. The Kier molecular flexibility index (Phi) is 2.80. The average molecular weight is 256 g/mol. The summed E-state index contributed by atoms with van der Waals surface area (Å²) in [5, 5.41) is 2.91. The third-order valence-corrected chi connectivity index (χ3v) is 3.85. The number of aldehydes is 1. The van der Waals surface area contributed by atoms with Crippen molar-refractivity contribution in [2.24, 2.45) is 4.99 Å². The van der Waals surface area contributed by atoms with Crippen molar-refractivity contribution in [3.8, 4) is 0 Å². The van der Waals surface area contributed by atoms with Gasteiger partial charge in [0, 0.05) is 11.6 Å². The van der Waals surface area contributed by atoms with Crippen molar-refractivity contribution >= 4 is 28.9 Å². The smallest absolute Gasteiger partial charge is 0.173 e. The van der Waals surface area contributed by atoms with E-state index in [9.17, 15) is 4.79 Å². The van der Waals surface area contributed by atoms with Crippen molar-refractivity contribution < 1.29 is 4.79 Å². The van der Waals surface area contributed by atoms with Crippen molar-refractivity contribution in [1.29, 1.82) is 0 Å². The van der Waals surface area contributed by atoms with E-state index in [-0.39, 0.29) is 6.04 Å². The summed E-state index contributed by atoms with van der Waals surface area (Å²) in [6.07, 6.45) is 4.45. The molecule has 0 N–H and O–H groups in total. The molecule has 1 unspecified atom stereocenters. The van der Waals surface area contributed by atoms with Gasteiger partial charge in [-0.25, -0.2) is 4.99 Å². The van der Waals surface area contributed by atoms with E-state index in [1.807, 2.05) is 16.4 Å². The zero-order chi connectivity index (χ0) is 12.5. The van der Waals surface area contributed by atoms with Gasteiger partial charge >= 0.3 is 0 Å². The summed E-state index contributed by atoms with van der Waals surface area (Å²) in [7, 11) is 0. The maximum Gasteiger partial charge on any atom is 0.173 e. The number of amidine groups is 1. The van der Waals surface area contributed by atoms with Crippen LogP contribution in [0.25, 0.3) is 5.70 Å². The molecule has 0 saturated carbocycles. The molecule has 1 atom stereocenters. The van der Waals surface area contributed by atoms with Gasteiger partial charge in [-0.05, 0) is 18.6 Å². The van der Waals surface area contributed by atoms with Crippen LogP contribution in [0.5, 0.6) is 0 Å². The quantitative estimate of drug-likeness (QED) is 0.763. The summed E-state index contributed by atoms with van der Waals surface area (Å²) in [4.78, 5) is 17.4. The first kappa shape index (κ1) is 11.3. The second-order valence-electron chi connectivity index (χ2n) is 4.24. The predicted octanol–water partition coefficient (Wildman–Crippen LogP) is 2.79. The normalized spacial score (nSPS) is 21.4. The van der Waals surface area contributed by atoms with Gasteiger partial charge in [0.1, 0.15) is 12.3 Å². The standard InChI is InChI=1S/C14H12N2OS/c1-10-2-4-11(5-3-10)13-9-18-14-15-7-6-12(8-17)16(13)14/h2-9,12H,1H3. The van der Waals surface area contributed by atoms with E-state index in [1.54, 1.807) is 18.0 Å². The molecule has 4 heteroatoms. The molecule has 0 spiro atoms. The molecule has 0 saturated heterocycles. The summed E-state index contributed by atoms with van der Waals surface area (Å²) in [5.41, 5.74) is 3.38. The number of hydrogen-bond donors (Lipinski definition) is 0. The fourth-order valence-corrected chi connectivity index (χ4v) is 2.95. The number of benzene rings is 1. The number of aryl methyl sites for hydroxylation is 1. The van der Waals surface area contributed by atoms with E-state index in [4.69, 9.17) is 0 Å². The molecule has 3 rings (SSSR count). The predicted molar refractivity (Wildman–Crippen MR) is 75.0 cm³/mol. The minimum Gasteiger partial charge on any atom is -0.306 e. The first-order valence-electron chi connectivity index (χ1n) is 5.72. The molecule has 0 amide bonds. The van der Waals surface area contributed by atoms with Gasteiger partial charge in [0.2, 0.25) is 0 Å². The fourth-order valence-electron chi connectivity index (χ4n) is 2.02. The number of carbonyl (C=O) groups is 1. The largest absolute Gasteiger partial charge is 0.306 e. The van der Waals surface area contributed by atoms with Gasteiger partial charge in [0.25, 0.3) is 0 Å². The monoisotopic (exact) mass is 256 g/mol. The lowest BCUT2D eigenvalue weighted by molar-refractivity contribution is -0.109. The van der Waals surface area contributed by atoms with E-state index < -0.39 is 0 Å². The highest BCUT2D eigenvalue weighted by atomic mass is 32.2. The average Bonchev–Trinajstić information content (AvgIpc) is 2.83. The molecule has 3 nitrogen and oxygen atoms in total. The Bertz CT molecular complexity index is 572. The number of rotatable bonds is 2. The van der Waals surface area contributed by atoms with Gasteiger partial charge in [-0.1, -0.05) is 41.6 Å². The molecule has 2 aliphatic heterocycles. The first-order chi connectivity index (χ1) is 8.79. The van der Waals surface area contributed by atoms with Crippen LogP contribution in [0, 0.1) is 6.92 Å². The number of nitrogens with zero attached hydrogens (tertiary/aromatic N) is 2. The van der Waals surface area contributed by atoms with Crippen LogP contribution in [0.15, 0.2) is 46.9 Å². The Hall–Kier alpha value is -1.81. The number of hydrogen-bond acceptors (Lipinski definition) is 4. The molecular formula is C14H12N2OS. The molecule has 18 heavy (non-hydrogen) atoms. The van der Waals surface area contributed by atoms with Crippen molar-refractivity contribution in [2.45, 2.75) is 13.0 Å². The third kappa shape index (κ3) is 1.78. The summed E-state index contributed by atoms with van der Waals surface area (Å²) in [6.45, 7) is 2.06. The molecule has 90 valence electrons. The van der Waals surface area contributed by atoms with Gasteiger partial charge in [-0.2, -0.15) is 0 Å². The molecule has 0 bridgehead atoms. The third-order valence-electron chi connectivity index (χ3n) is 2.99. The Balaban J connectivity index is 1.99. The molecule has 2 aliphatic rings. The Morgan fingerprint density at radius 3 is 2.83 bits per heavy atom. The fraction of sp³-hybridized carbons (Fsp3) is 0.143. The summed E-state index contributed by atoms with van der Waals surface area (Å²) < 4.78 is 0. The van der Waals surface area contributed by atoms with Crippen molar-refractivity contribution in [2.75, 3.05) is 0 Å². The second kappa shape index (κ2) is 4.46. The summed E-state index contributed by atoms with van der Waals surface area (Å²) >= 11 is 1.56. The van der Waals surface area contributed by atoms with Crippen molar-refractivity contribution in [3.63, 3.8) is 0 Å². The molecule has 1 aromatic carbocycles. The molecule has 0 aliphatic carbocycles. The van der Waals surface area contributed by atoms with Gasteiger partial charge < -0.3 is 9.69 Å². The lowest BCUT2D eigenvalue weighted by Gasteiger charge is -2.28. The maximum atomic E-state index is 11.1. The first-order valence-corrected chi connectivity index (χ1v) is 6.60. The van der Waals surface area contributed by atoms with E-state index in [0.717, 1.165) is 22.7 Å². The molecule has 0 aromatic heterocycles. The van der Waals surface area contributed by atoms with E-state index >= 15 is 0 Å². The zero-order valence-electron chi connectivity index (χ0n) is 9.91. The molecule has 0 fully saturated rings. The van der Waals surface area contributed by atoms with Gasteiger partial charge in [-0.15, -0.1) is 0 Å². The van der Waals surface area contributed by atoms with Gasteiger partial charge in [0.15, 0.2) is 5.17 Å². The Morgan fingerprint density at radius 1 is 1.33 bits per heavy atom. The SMILES string of the molecule is Cc1ccc(C2=CSC3=NC=CC(C=O)N23)cc1. The minimum absolute atomic E-state index is 0.250. The van der Waals surface area contributed by atoms with Crippen LogP contribution in [0.2, 0.25) is 0 Å². The van der Waals surface area contributed by atoms with Crippen molar-refractivity contribution in [3.05, 3.63) is 53.1 Å². The number of aliphatic imine (C=N–C) groups is 1. The van der Waals surface area contributed by atoms with Gasteiger partial charge in [0.05, 0.1) is 5.70 Å². The van der Waals surface area contributed by atoms with Crippen LogP contribution >= 0.6 is 11.8 Å². The van der Waals surface area contributed by atoms with Crippen LogP contribution in [0.3, 0.4) is 0 Å². The van der Waals surface area contributed by atoms with Crippen LogP contribution in [0.4, 0.5) is 0 Å². The number of carbonyl (C=O) groups excluding carboxylic acids is 1. The van der Waals surface area contributed by atoms with E-state index in [2.05, 4.69) is 36.2 Å². The second-order valence-corrected chi connectivity index (χ2v) is 5.07. The van der Waals surface area contributed by atoms with E-state index in [0.29, 0.717) is 0 Å². The highest BCUT2D eigenvalue weighted by Crippen LogP contribution is 2.36. The Morgan fingerprint density at radius 2 is 2.11 bits per heavy atom. The lowest BCUT2D eigenvalue weighted by Crippen LogP contribution is -2.36. The van der Waals surface area contributed by atoms with Crippen LogP contribution < -0.4 is 0 Å².